The van der Waals surface area contributed by atoms with E-state index in [4.69, 9.17) is 4.74 Å². The Balaban J connectivity index is 2.04. The normalized spacial score (nSPS) is 20.9. The number of rotatable bonds is 3. The van der Waals surface area contributed by atoms with E-state index in [1.54, 1.807) is 11.3 Å². The Kier molecular flexibility index (Phi) is 3.57. The van der Waals surface area contributed by atoms with Gasteiger partial charge in [-0.05, 0) is 24.7 Å². The molecule has 0 aliphatic carbocycles. The van der Waals surface area contributed by atoms with Crippen molar-refractivity contribution in [3.8, 4) is 0 Å². The van der Waals surface area contributed by atoms with Gasteiger partial charge in [-0.2, -0.15) is 0 Å². The van der Waals surface area contributed by atoms with Crippen LogP contribution < -0.4 is 0 Å². The van der Waals surface area contributed by atoms with E-state index in [1.165, 1.54) is 5.69 Å². The quantitative estimate of drug-likeness (QED) is 0.792. The van der Waals surface area contributed by atoms with Crippen molar-refractivity contribution in [1.82, 2.24) is 4.98 Å². The summed E-state index contributed by atoms with van der Waals surface area (Å²) < 4.78 is 5.41. The first-order chi connectivity index (χ1) is 6.85. The van der Waals surface area contributed by atoms with Crippen molar-refractivity contribution in [3.63, 3.8) is 0 Å². The minimum Gasteiger partial charge on any atom is -0.381 e. The fraction of sp³-hybridized carbons (Fsp3) is 0.700. The highest BCUT2D eigenvalue weighted by molar-refractivity contribution is 9.09. The average Bonchev–Trinajstić information content (AvgIpc) is 2.72. The van der Waals surface area contributed by atoms with Gasteiger partial charge in [-0.25, -0.2) is 4.98 Å². The maximum Gasteiger partial charge on any atom is 0.0794 e. The Bertz CT molecular complexity index is 270. The number of alkyl halides is 1. The van der Waals surface area contributed by atoms with Gasteiger partial charge in [0.2, 0.25) is 0 Å². The van der Waals surface area contributed by atoms with Crippen LogP contribution in [0.4, 0.5) is 0 Å². The third-order valence-electron chi connectivity index (χ3n) is 2.88. The molecule has 4 heteroatoms. The van der Waals surface area contributed by atoms with Crippen LogP contribution in [-0.2, 0) is 11.2 Å². The molecule has 1 aliphatic rings. The minimum absolute atomic E-state index is 0.381. The van der Waals surface area contributed by atoms with E-state index in [-0.39, 0.29) is 0 Å². The van der Waals surface area contributed by atoms with E-state index >= 15 is 0 Å². The third kappa shape index (κ3) is 2.35. The summed E-state index contributed by atoms with van der Waals surface area (Å²) in [6.45, 7) is 1.80. The summed E-state index contributed by atoms with van der Waals surface area (Å²) in [5.41, 5.74) is 3.53. The van der Waals surface area contributed by atoms with Gasteiger partial charge in [-0.3, -0.25) is 0 Å². The van der Waals surface area contributed by atoms with Gasteiger partial charge < -0.3 is 4.74 Å². The molecule has 0 atom stereocenters. The molecule has 2 nitrogen and oxygen atoms in total. The highest BCUT2D eigenvalue weighted by Crippen LogP contribution is 2.35. The molecule has 2 heterocycles. The number of nitrogens with zero attached hydrogens (tertiary/aromatic N) is 1. The second-order valence-electron chi connectivity index (χ2n) is 3.90. The second-order valence-corrected chi connectivity index (χ2v) is 5.18. The molecule has 1 saturated heterocycles. The van der Waals surface area contributed by atoms with Gasteiger partial charge in [0.05, 0.1) is 11.2 Å². The highest BCUT2D eigenvalue weighted by Gasteiger charge is 2.32. The number of hydrogen-bond acceptors (Lipinski definition) is 3. The van der Waals surface area contributed by atoms with Crippen LogP contribution >= 0.6 is 27.3 Å². The molecule has 78 valence electrons. The molecule has 1 aromatic rings. The van der Waals surface area contributed by atoms with Crippen LogP contribution in [0.1, 0.15) is 18.5 Å². The van der Waals surface area contributed by atoms with Crippen molar-refractivity contribution >= 4 is 27.3 Å². The van der Waals surface area contributed by atoms with Gasteiger partial charge in [0.15, 0.2) is 0 Å². The molecule has 0 unspecified atom stereocenters. The Morgan fingerprint density at radius 3 is 2.86 bits per heavy atom. The highest BCUT2D eigenvalue weighted by atomic mass is 79.9. The second kappa shape index (κ2) is 4.73. The number of hydrogen-bond donors (Lipinski definition) is 0. The topological polar surface area (TPSA) is 22.1 Å². The molecule has 2 rings (SSSR count). The largest absolute Gasteiger partial charge is 0.381 e. The maximum absolute atomic E-state index is 5.41. The average molecular weight is 276 g/mol. The van der Waals surface area contributed by atoms with E-state index < -0.39 is 0 Å². The van der Waals surface area contributed by atoms with Crippen LogP contribution in [0.2, 0.25) is 0 Å². The third-order valence-corrected chi connectivity index (χ3v) is 4.70. The SMILES string of the molecule is BrCC1(Cc2cscn2)CCOCC1. The Morgan fingerprint density at radius 1 is 1.50 bits per heavy atom. The van der Waals surface area contributed by atoms with E-state index in [1.807, 2.05) is 5.51 Å². The summed E-state index contributed by atoms with van der Waals surface area (Å²) in [4.78, 5) is 4.36. The molecule has 0 bridgehead atoms. The zero-order valence-corrected chi connectivity index (χ0v) is 10.4. The smallest absolute Gasteiger partial charge is 0.0794 e. The summed E-state index contributed by atoms with van der Waals surface area (Å²) in [6.07, 6.45) is 3.39. The molecule has 0 aromatic carbocycles. The maximum atomic E-state index is 5.41. The molecular weight excluding hydrogens is 262 g/mol. The summed E-state index contributed by atoms with van der Waals surface area (Å²) in [7, 11) is 0. The van der Waals surface area contributed by atoms with Crippen molar-refractivity contribution in [1.29, 1.82) is 0 Å². The molecular formula is C10H14BrNOS. The zero-order chi connectivity index (χ0) is 9.86. The number of ether oxygens (including phenoxy) is 1. The lowest BCUT2D eigenvalue weighted by atomic mass is 9.78. The minimum atomic E-state index is 0.381. The molecule has 0 spiro atoms. The number of halogens is 1. The van der Waals surface area contributed by atoms with Crippen molar-refractivity contribution in [3.05, 3.63) is 16.6 Å². The Morgan fingerprint density at radius 2 is 2.29 bits per heavy atom. The molecule has 0 N–H and O–H groups in total. The van der Waals surface area contributed by atoms with E-state index in [2.05, 4.69) is 26.3 Å². The van der Waals surface area contributed by atoms with Gasteiger partial charge in [0.25, 0.3) is 0 Å². The first kappa shape index (κ1) is 10.6. The van der Waals surface area contributed by atoms with Gasteiger partial charge in [-0.1, -0.05) is 15.9 Å². The predicted molar refractivity (Wildman–Crippen MR) is 62.1 cm³/mol. The fourth-order valence-corrected chi connectivity index (χ4v) is 3.19. The first-order valence-electron chi connectivity index (χ1n) is 4.85. The lowest BCUT2D eigenvalue weighted by Gasteiger charge is -2.35. The first-order valence-corrected chi connectivity index (χ1v) is 6.92. The Labute approximate surface area is 96.8 Å². The predicted octanol–water partition coefficient (Wildman–Crippen LogP) is 2.88. The molecule has 14 heavy (non-hydrogen) atoms. The van der Waals surface area contributed by atoms with Crippen LogP contribution in [-0.4, -0.2) is 23.5 Å². The van der Waals surface area contributed by atoms with Crippen molar-refractivity contribution in [2.45, 2.75) is 19.3 Å². The van der Waals surface area contributed by atoms with Crippen LogP contribution in [0.5, 0.6) is 0 Å². The van der Waals surface area contributed by atoms with Crippen molar-refractivity contribution in [2.24, 2.45) is 5.41 Å². The molecule has 0 radical (unpaired) electrons. The van der Waals surface area contributed by atoms with E-state index in [0.29, 0.717) is 5.41 Å². The summed E-state index contributed by atoms with van der Waals surface area (Å²) in [5.74, 6) is 0. The standard InChI is InChI=1S/C10H14BrNOS/c11-7-10(1-3-13-4-2-10)5-9-6-14-8-12-9/h6,8H,1-5,7H2. The lowest BCUT2D eigenvalue weighted by molar-refractivity contribution is 0.0266. The van der Waals surface area contributed by atoms with Crippen molar-refractivity contribution < 1.29 is 4.74 Å². The summed E-state index contributed by atoms with van der Waals surface area (Å²) in [5, 5.41) is 3.21. The molecule has 1 aliphatic heterocycles. The molecule has 1 aromatic heterocycles. The lowest BCUT2D eigenvalue weighted by Crippen LogP contribution is -2.33. The number of aromatic nitrogens is 1. The summed E-state index contributed by atoms with van der Waals surface area (Å²) in [6, 6.07) is 0. The molecule has 0 amide bonds. The van der Waals surface area contributed by atoms with Crippen LogP contribution in [0.25, 0.3) is 0 Å². The zero-order valence-electron chi connectivity index (χ0n) is 8.04. The van der Waals surface area contributed by atoms with Crippen LogP contribution in [0.3, 0.4) is 0 Å². The van der Waals surface area contributed by atoms with Crippen molar-refractivity contribution in [2.75, 3.05) is 18.5 Å². The van der Waals surface area contributed by atoms with E-state index in [9.17, 15) is 0 Å². The molecule has 0 saturated carbocycles. The van der Waals surface area contributed by atoms with Gasteiger partial charge in [-0.15, -0.1) is 11.3 Å². The van der Waals surface area contributed by atoms with Gasteiger partial charge in [0, 0.05) is 23.9 Å². The van der Waals surface area contributed by atoms with Gasteiger partial charge in [0.1, 0.15) is 0 Å². The van der Waals surface area contributed by atoms with Crippen LogP contribution in [0, 0.1) is 5.41 Å². The monoisotopic (exact) mass is 275 g/mol. The summed E-state index contributed by atoms with van der Waals surface area (Å²) >= 11 is 5.31. The van der Waals surface area contributed by atoms with Gasteiger partial charge >= 0.3 is 0 Å². The van der Waals surface area contributed by atoms with E-state index in [0.717, 1.165) is 37.8 Å². The van der Waals surface area contributed by atoms with Crippen LogP contribution in [0.15, 0.2) is 10.9 Å². The molecule has 1 fully saturated rings. The Hall–Kier alpha value is 0.0700. The number of thiazole rings is 1. The fourth-order valence-electron chi connectivity index (χ4n) is 1.87.